The van der Waals surface area contributed by atoms with Crippen molar-refractivity contribution in [3.63, 3.8) is 0 Å². The van der Waals surface area contributed by atoms with Crippen LogP contribution in [0.25, 0.3) is 0 Å². The maximum absolute atomic E-state index is 13.2. The van der Waals surface area contributed by atoms with Crippen molar-refractivity contribution in [3.8, 4) is 11.5 Å². The van der Waals surface area contributed by atoms with Gasteiger partial charge in [-0.3, -0.25) is 4.21 Å². The van der Waals surface area contributed by atoms with Gasteiger partial charge < -0.3 is 18.6 Å². The second-order valence-electron chi connectivity index (χ2n) is 10.5. The molecule has 0 radical (unpaired) electrons. The molecule has 0 bridgehead atoms. The summed E-state index contributed by atoms with van der Waals surface area (Å²) in [5.74, 6) is 0.750. The number of hydrogen-bond donors (Lipinski definition) is 0. The van der Waals surface area contributed by atoms with Gasteiger partial charge in [0.2, 0.25) is 0 Å². The summed E-state index contributed by atoms with van der Waals surface area (Å²) >= 11 is 0. The van der Waals surface area contributed by atoms with Crippen LogP contribution >= 0.6 is 0 Å². The number of esters is 1. The van der Waals surface area contributed by atoms with Crippen LogP contribution in [-0.4, -0.2) is 56.4 Å². The molecule has 1 fully saturated rings. The van der Waals surface area contributed by atoms with Gasteiger partial charge in [-0.15, -0.1) is 0 Å². The van der Waals surface area contributed by atoms with E-state index in [1.165, 1.54) is 17.5 Å². The molecule has 0 spiro atoms. The first-order valence-electron chi connectivity index (χ1n) is 12.7. The highest BCUT2D eigenvalue weighted by Crippen LogP contribution is 2.37. The van der Waals surface area contributed by atoms with Gasteiger partial charge in [0, 0.05) is 29.9 Å². The van der Waals surface area contributed by atoms with Gasteiger partial charge in [0.25, 0.3) is 8.32 Å². The van der Waals surface area contributed by atoms with E-state index in [9.17, 15) is 9.00 Å². The van der Waals surface area contributed by atoms with E-state index in [-0.39, 0.29) is 10.3 Å². The fraction of sp³-hybridized carbons (Fsp3) is 0.367. The average Bonchev–Trinajstić information content (AvgIpc) is 3.27. The van der Waals surface area contributed by atoms with E-state index in [0.717, 1.165) is 0 Å². The molecule has 4 rings (SSSR count). The Morgan fingerprint density at radius 2 is 1.53 bits per heavy atom. The molecule has 1 aliphatic heterocycles. The number of ether oxygens (including phenoxy) is 3. The second kappa shape index (κ2) is 11.8. The molecule has 8 heteroatoms. The molecule has 0 saturated carbocycles. The first kappa shape index (κ1) is 28.1. The Morgan fingerprint density at radius 1 is 0.921 bits per heavy atom. The number of methoxy groups -OCH3 is 2. The summed E-state index contributed by atoms with van der Waals surface area (Å²) in [6.07, 6.45) is 0.0255. The van der Waals surface area contributed by atoms with Crippen molar-refractivity contribution in [3.05, 3.63) is 84.4 Å². The monoisotopic (exact) mass is 552 g/mol. The van der Waals surface area contributed by atoms with Crippen molar-refractivity contribution >= 4 is 35.5 Å². The Kier molecular flexibility index (Phi) is 8.75. The minimum Gasteiger partial charge on any atom is -0.497 e. The van der Waals surface area contributed by atoms with Crippen LogP contribution in [0.15, 0.2) is 78.9 Å². The third kappa shape index (κ3) is 5.72. The number of hydrogen-bond acceptors (Lipinski definition) is 6. The Morgan fingerprint density at radius 3 is 2.05 bits per heavy atom. The van der Waals surface area contributed by atoms with Gasteiger partial charge in [0.05, 0.1) is 25.2 Å². The summed E-state index contributed by atoms with van der Waals surface area (Å²) < 4.78 is 36.5. The van der Waals surface area contributed by atoms with E-state index < -0.39 is 31.2 Å². The van der Waals surface area contributed by atoms with Crippen LogP contribution in [0.1, 0.15) is 37.6 Å². The zero-order chi connectivity index (χ0) is 27.3. The second-order valence-corrected chi connectivity index (χ2v) is 16.5. The molecule has 0 N–H and O–H groups in total. The largest absolute Gasteiger partial charge is 0.497 e. The third-order valence-corrected chi connectivity index (χ3v) is 13.8. The van der Waals surface area contributed by atoms with E-state index in [0.29, 0.717) is 35.8 Å². The first-order chi connectivity index (χ1) is 18.2. The maximum Gasteiger partial charge on any atom is 0.342 e. The zero-order valence-electron chi connectivity index (χ0n) is 22.6. The maximum atomic E-state index is 13.2. The van der Waals surface area contributed by atoms with E-state index in [4.69, 9.17) is 18.6 Å². The van der Waals surface area contributed by atoms with Crippen LogP contribution in [0.3, 0.4) is 0 Å². The Balaban J connectivity index is 1.53. The lowest BCUT2D eigenvalue weighted by Crippen LogP contribution is -2.67. The van der Waals surface area contributed by atoms with Crippen molar-refractivity contribution in [2.24, 2.45) is 0 Å². The smallest absolute Gasteiger partial charge is 0.342 e. The summed E-state index contributed by atoms with van der Waals surface area (Å²) in [5.41, 5.74) is 0.311. The lowest BCUT2D eigenvalue weighted by molar-refractivity contribution is 0.0338. The van der Waals surface area contributed by atoms with E-state index in [1.807, 2.05) is 36.4 Å². The molecular weight excluding hydrogens is 516 g/mol. The van der Waals surface area contributed by atoms with Crippen molar-refractivity contribution < 1.29 is 27.6 Å². The minimum atomic E-state index is -2.75. The Hall–Kier alpha value is -2.94. The molecule has 3 aromatic rings. The van der Waals surface area contributed by atoms with E-state index >= 15 is 0 Å². The van der Waals surface area contributed by atoms with Crippen LogP contribution in [0.2, 0.25) is 5.04 Å². The predicted octanol–water partition coefficient (Wildman–Crippen LogP) is 4.33. The summed E-state index contributed by atoms with van der Waals surface area (Å²) in [7, 11) is -0.881. The standard InChI is InChI=1S/C30H36O6SSi/c1-30(2,3)38(25-12-8-6-9-13-25,26-14-10-7-11-15-26)35-20-24-18-23(21-37(24)32)36-29(31)27-17-16-22(33-4)19-28(27)34-5/h6-17,19,23-24H,18,20-21H2,1-5H3/t23-,24+,37?/m1/s1. The number of rotatable bonds is 9. The van der Waals surface area contributed by atoms with Gasteiger partial charge in [0.15, 0.2) is 0 Å². The number of carbonyl (C=O) groups is 1. The summed E-state index contributed by atoms with van der Waals surface area (Å²) in [6, 6.07) is 25.7. The van der Waals surface area contributed by atoms with Crippen molar-refractivity contribution in [1.82, 2.24) is 0 Å². The zero-order valence-corrected chi connectivity index (χ0v) is 24.5. The lowest BCUT2D eigenvalue weighted by Gasteiger charge is -2.43. The Bertz CT molecular complexity index is 1220. The van der Waals surface area contributed by atoms with Crippen LogP contribution in [-0.2, 0) is 20.0 Å². The molecule has 0 aromatic heterocycles. The highest BCUT2D eigenvalue weighted by Gasteiger charge is 2.51. The van der Waals surface area contributed by atoms with E-state index in [2.05, 4.69) is 45.0 Å². The SMILES string of the molecule is COc1ccc(C(=O)O[C@@H]2C[C@@H](CO[Si](c3ccccc3)(c3ccccc3)C(C)(C)C)S(=O)C2)c(OC)c1. The molecule has 1 aliphatic rings. The molecule has 6 nitrogen and oxygen atoms in total. The van der Waals surface area contributed by atoms with E-state index in [1.54, 1.807) is 25.3 Å². The topological polar surface area (TPSA) is 71.1 Å². The fourth-order valence-corrected chi connectivity index (χ4v) is 11.4. The van der Waals surface area contributed by atoms with Gasteiger partial charge in [-0.2, -0.15) is 0 Å². The average molecular weight is 553 g/mol. The fourth-order valence-electron chi connectivity index (χ4n) is 5.18. The predicted molar refractivity (Wildman–Crippen MR) is 154 cm³/mol. The molecule has 3 aromatic carbocycles. The van der Waals surface area contributed by atoms with Crippen LogP contribution in [0.5, 0.6) is 11.5 Å². The van der Waals surface area contributed by atoms with Crippen molar-refractivity contribution in [2.45, 2.75) is 43.6 Å². The summed E-state index contributed by atoms with van der Waals surface area (Å²) in [6.45, 7) is 6.99. The van der Waals surface area contributed by atoms with Crippen molar-refractivity contribution in [1.29, 1.82) is 0 Å². The number of carbonyl (C=O) groups excluding carboxylic acids is 1. The molecule has 38 heavy (non-hydrogen) atoms. The summed E-state index contributed by atoms with van der Waals surface area (Å²) in [5, 5.41) is 1.95. The first-order valence-corrected chi connectivity index (χ1v) is 16.0. The van der Waals surface area contributed by atoms with Gasteiger partial charge in [0.1, 0.15) is 23.2 Å². The normalized spacial score (nSPS) is 19.7. The molecular formula is C30H36O6SSi. The quantitative estimate of drug-likeness (QED) is 0.291. The molecule has 1 saturated heterocycles. The molecule has 0 aliphatic carbocycles. The minimum absolute atomic E-state index is 0.174. The summed E-state index contributed by atoms with van der Waals surface area (Å²) in [4.78, 5) is 12.9. The molecule has 202 valence electrons. The molecule has 0 amide bonds. The molecule has 1 heterocycles. The van der Waals surface area contributed by atoms with Crippen LogP contribution in [0.4, 0.5) is 0 Å². The molecule has 1 unspecified atom stereocenters. The third-order valence-electron chi connectivity index (χ3n) is 7.05. The van der Waals surface area contributed by atoms with Gasteiger partial charge >= 0.3 is 5.97 Å². The van der Waals surface area contributed by atoms with Gasteiger partial charge in [-0.05, 0) is 27.5 Å². The highest BCUT2D eigenvalue weighted by atomic mass is 32.2. The van der Waals surface area contributed by atoms with Gasteiger partial charge in [-0.1, -0.05) is 81.4 Å². The lowest BCUT2D eigenvalue weighted by atomic mass is 10.2. The van der Waals surface area contributed by atoms with Crippen molar-refractivity contribution in [2.75, 3.05) is 26.6 Å². The highest BCUT2D eigenvalue weighted by molar-refractivity contribution is 7.86. The molecule has 3 atom stereocenters. The van der Waals surface area contributed by atoms with Crippen LogP contribution < -0.4 is 19.8 Å². The Labute approximate surface area is 228 Å². The number of benzene rings is 3. The van der Waals surface area contributed by atoms with Crippen LogP contribution in [0, 0.1) is 0 Å². The van der Waals surface area contributed by atoms with Gasteiger partial charge in [-0.25, -0.2) is 4.79 Å².